The average Bonchev–Trinajstić information content (AvgIpc) is 3.08. The van der Waals surface area contributed by atoms with E-state index in [2.05, 4.69) is 49.1 Å². The van der Waals surface area contributed by atoms with Gasteiger partial charge in [0.15, 0.2) is 0 Å². The predicted octanol–water partition coefficient (Wildman–Crippen LogP) is 4.49. The first-order chi connectivity index (χ1) is 8.16. The van der Waals surface area contributed by atoms with Crippen LogP contribution in [0.2, 0.25) is 0 Å². The summed E-state index contributed by atoms with van der Waals surface area (Å²) in [7, 11) is 2.03. The molecule has 1 aliphatic carbocycles. The molecule has 4 heteroatoms. The summed E-state index contributed by atoms with van der Waals surface area (Å²) in [6, 6.07) is 8.28. The third-order valence-corrected chi connectivity index (χ3v) is 4.42. The Bertz CT molecular complexity index is 554. The van der Waals surface area contributed by atoms with Crippen molar-refractivity contribution in [2.24, 2.45) is 7.05 Å². The van der Waals surface area contributed by atoms with Gasteiger partial charge in [-0.3, -0.25) is 4.68 Å². The fourth-order valence-corrected chi connectivity index (χ4v) is 3.26. The molecule has 1 aliphatic rings. The molecular formula is C13H12Br2N2. The van der Waals surface area contributed by atoms with Crippen LogP contribution < -0.4 is 0 Å². The molecule has 0 saturated heterocycles. The van der Waals surface area contributed by atoms with E-state index < -0.39 is 0 Å². The van der Waals surface area contributed by atoms with E-state index in [1.165, 1.54) is 18.5 Å². The van der Waals surface area contributed by atoms with Crippen molar-refractivity contribution in [2.75, 3.05) is 0 Å². The second-order valence-corrected chi connectivity index (χ2v) is 6.16. The van der Waals surface area contributed by atoms with Gasteiger partial charge in [0.05, 0.1) is 10.2 Å². The van der Waals surface area contributed by atoms with Gasteiger partial charge in [0.1, 0.15) is 5.69 Å². The van der Waals surface area contributed by atoms with E-state index in [0.717, 1.165) is 20.2 Å². The third-order valence-electron chi connectivity index (χ3n) is 3.11. The third kappa shape index (κ3) is 2.08. The molecule has 0 aliphatic heterocycles. The van der Waals surface area contributed by atoms with Gasteiger partial charge >= 0.3 is 0 Å². The van der Waals surface area contributed by atoms with Gasteiger partial charge in [-0.1, -0.05) is 28.1 Å². The molecule has 0 atom stereocenters. The van der Waals surface area contributed by atoms with E-state index in [4.69, 9.17) is 0 Å². The van der Waals surface area contributed by atoms with Gasteiger partial charge in [-0.15, -0.1) is 0 Å². The number of benzene rings is 1. The molecule has 1 aromatic heterocycles. The summed E-state index contributed by atoms with van der Waals surface area (Å²) in [5, 5.41) is 4.63. The monoisotopic (exact) mass is 354 g/mol. The van der Waals surface area contributed by atoms with Crippen molar-refractivity contribution in [1.82, 2.24) is 9.78 Å². The van der Waals surface area contributed by atoms with E-state index in [9.17, 15) is 0 Å². The minimum absolute atomic E-state index is 0.700. The lowest BCUT2D eigenvalue weighted by Gasteiger charge is -1.99. The zero-order valence-corrected chi connectivity index (χ0v) is 12.6. The topological polar surface area (TPSA) is 17.8 Å². The summed E-state index contributed by atoms with van der Waals surface area (Å²) in [6.07, 6.45) is 2.58. The standard InChI is InChI=1S/C13H12Br2N2/c1-17-13(9-2-3-9)11(15)12(16-17)8-4-6-10(14)7-5-8/h4-7,9H,2-3H2,1H3. The van der Waals surface area contributed by atoms with Crippen LogP contribution in [0.4, 0.5) is 0 Å². The molecule has 2 nitrogen and oxygen atoms in total. The van der Waals surface area contributed by atoms with Gasteiger partial charge < -0.3 is 0 Å². The van der Waals surface area contributed by atoms with Crippen molar-refractivity contribution in [3.05, 3.63) is 38.9 Å². The van der Waals surface area contributed by atoms with Gasteiger partial charge in [0, 0.05) is 23.0 Å². The summed E-state index contributed by atoms with van der Waals surface area (Å²) < 4.78 is 4.26. The zero-order valence-electron chi connectivity index (χ0n) is 9.45. The number of hydrogen-bond acceptors (Lipinski definition) is 1. The van der Waals surface area contributed by atoms with Gasteiger partial charge in [0.2, 0.25) is 0 Å². The van der Waals surface area contributed by atoms with Gasteiger partial charge in [-0.05, 0) is 40.9 Å². The maximum absolute atomic E-state index is 4.63. The SMILES string of the molecule is Cn1nc(-c2ccc(Br)cc2)c(Br)c1C1CC1. The van der Waals surface area contributed by atoms with Crippen LogP contribution in [0.5, 0.6) is 0 Å². The second kappa shape index (κ2) is 4.25. The highest BCUT2D eigenvalue weighted by Crippen LogP contribution is 2.45. The Morgan fingerprint density at radius 2 is 1.82 bits per heavy atom. The Kier molecular flexibility index (Phi) is 2.87. The first-order valence-electron chi connectivity index (χ1n) is 5.65. The van der Waals surface area contributed by atoms with Gasteiger partial charge in [0.25, 0.3) is 0 Å². The fraction of sp³-hybridized carbons (Fsp3) is 0.308. The Morgan fingerprint density at radius 1 is 1.18 bits per heavy atom. The highest BCUT2D eigenvalue weighted by molar-refractivity contribution is 9.10. The van der Waals surface area contributed by atoms with Gasteiger partial charge in [-0.2, -0.15) is 5.10 Å². The molecule has 88 valence electrons. The van der Waals surface area contributed by atoms with E-state index in [1.54, 1.807) is 0 Å². The van der Waals surface area contributed by atoms with E-state index >= 15 is 0 Å². The fourth-order valence-electron chi connectivity index (χ4n) is 2.10. The molecule has 0 amide bonds. The average molecular weight is 356 g/mol. The van der Waals surface area contributed by atoms with Crippen molar-refractivity contribution in [1.29, 1.82) is 0 Å². The molecule has 1 heterocycles. The van der Waals surface area contributed by atoms with Crippen LogP contribution in [-0.4, -0.2) is 9.78 Å². The van der Waals surface area contributed by atoms with Crippen molar-refractivity contribution >= 4 is 31.9 Å². The molecular weight excluding hydrogens is 344 g/mol. The van der Waals surface area contributed by atoms with Crippen LogP contribution in [0.1, 0.15) is 24.5 Å². The summed E-state index contributed by atoms with van der Waals surface area (Å²) in [5.74, 6) is 0.700. The molecule has 0 N–H and O–H groups in total. The number of aromatic nitrogens is 2. The number of rotatable bonds is 2. The maximum atomic E-state index is 4.63. The highest BCUT2D eigenvalue weighted by Gasteiger charge is 2.30. The minimum atomic E-state index is 0.700. The number of aryl methyl sites for hydroxylation is 1. The van der Waals surface area contributed by atoms with Crippen molar-refractivity contribution in [3.8, 4) is 11.3 Å². The number of nitrogens with zero attached hydrogens (tertiary/aromatic N) is 2. The Morgan fingerprint density at radius 3 is 2.41 bits per heavy atom. The second-order valence-electron chi connectivity index (χ2n) is 4.45. The maximum Gasteiger partial charge on any atom is 0.107 e. The molecule has 1 aromatic carbocycles. The summed E-state index contributed by atoms with van der Waals surface area (Å²) >= 11 is 7.15. The van der Waals surface area contributed by atoms with E-state index in [0.29, 0.717) is 5.92 Å². The number of hydrogen-bond donors (Lipinski definition) is 0. The molecule has 3 rings (SSSR count). The summed E-state index contributed by atoms with van der Waals surface area (Å²) in [6.45, 7) is 0. The first-order valence-corrected chi connectivity index (χ1v) is 7.23. The molecule has 1 fully saturated rings. The Balaban J connectivity index is 2.08. The molecule has 0 bridgehead atoms. The van der Waals surface area contributed by atoms with Crippen LogP contribution in [0.25, 0.3) is 11.3 Å². The van der Waals surface area contributed by atoms with Crippen molar-refractivity contribution in [3.63, 3.8) is 0 Å². The molecule has 0 radical (unpaired) electrons. The molecule has 0 spiro atoms. The quantitative estimate of drug-likeness (QED) is 0.776. The van der Waals surface area contributed by atoms with Crippen molar-refractivity contribution in [2.45, 2.75) is 18.8 Å². The largest absolute Gasteiger partial charge is 0.271 e. The molecule has 17 heavy (non-hydrogen) atoms. The predicted molar refractivity (Wildman–Crippen MR) is 76.0 cm³/mol. The summed E-state index contributed by atoms with van der Waals surface area (Å²) in [5.41, 5.74) is 3.53. The number of halogens is 2. The van der Waals surface area contributed by atoms with Crippen LogP contribution in [-0.2, 0) is 7.05 Å². The minimum Gasteiger partial charge on any atom is -0.271 e. The molecule has 2 aromatic rings. The Hall–Kier alpha value is -0.610. The molecule has 0 unspecified atom stereocenters. The van der Waals surface area contributed by atoms with Crippen LogP contribution in [0.15, 0.2) is 33.2 Å². The smallest absolute Gasteiger partial charge is 0.107 e. The van der Waals surface area contributed by atoms with Crippen molar-refractivity contribution < 1.29 is 0 Å². The normalized spacial score (nSPS) is 15.2. The lowest BCUT2D eigenvalue weighted by molar-refractivity contribution is 0.714. The summed E-state index contributed by atoms with van der Waals surface area (Å²) in [4.78, 5) is 0. The lowest BCUT2D eigenvalue weighted by atomic mass is 10.1. The van der Waals surface area contributed by atoms with Crippen LogP contribution in [0, 0.1) is 0 Å². The first kappa shape index (κ1) is 11.5. The van der Waals surface area contributed by atoms with E-state index in [1.807, 2.05) is 23.9 Å². The van der Waals surface area contributed by atoms with Crippen LogP contribution >= 0.6 is 31.9 Å². The highest BCUT2D eigenvalue weighted by atomic mass is 79.9. The van der Waals surface area contributed by atoms with Crippen LogP contribution in [0.3, 0.4) is 0 Å². The zero-order chi connectivity index (χ0) is 12.0. The Labute approximate surface area is 117 Å². The molecule has 1 saturated carbocycles. The van der Waals surface area contributed by atoms with E-state index in [-0.39, 0.29) is 0 Å². The van der Waals surface area contributed by atoms with Gasteiger partial charge in [-0.25, -0.2) is 0 Å². The lowest BCUT2D eigenvalue weighted by Crippen LogP contribution is -1.96.